The number of anilines is 1. The molecule has 19 heavy (non-hydrogen) atoms. The summed E-state index contributed by atoms with van der Waals surface area (Å²) in [5, 5.41) is 7.39. The predicted molar refractivity (Wildman–Crippen MR) is 79.8 cm³/mol. The van der Waals surface area contributed by atoms with Gasteiger partial charge in [0.25, 0.3) is 0 Å². The van der Waals surface area contributed by atoms with Crippen LogP contribution in [-0.4, -0.2) is 21.6 Å². The van der Waals surface area contributed by atoms with E-state index in [1.165, 1.54) is 23.1 Å². The fourth-order valence-corrected chi connectivity index (χ4v) is 3.00. The Labute approximate surface area is 118 Å². The van der Waals surface area contributed by atoms with E-state index in [-0.39, 0.29) is 5.91 Å². The third kappa shape index (κ3) is 2.97. The van der Waals surface area contributed by atoms with Crippen LogP contribution in [0.2, 0.25) is 0 Å². The first kappa shape index (κ1) is 12.3. The second-order valence-electron chi connectivity index (χ2n) is 3.89. The second-order valence-corrected chi connectivity index (χ2v) is 5.81. The maximum Gasteiger partial charge on any atom is 0.236 e. The lowest BCUT2D eigenvalue weighted by molar-refractivity contribution is -0.113. The fraction of sp³-hybridized carbons (Fsp3) is 0.0769. The van der Waals surface area contributed by atoms with Crippen LogP contribution in [0.1, 0.15) is 0 Å². The van der Waals surface area contributed by atoms with Gasteiger partial charge in [-0.2, -0.15) is 0 Å². The third-order valence-corrected chi connectivity index (χ3v) is 4.17. The quantitative estimate of drug-likeness (QED) is 0.724. The van der Waals surface area contributed by atoms with E-state index in [9.17, 15) is 4.79 Å². The number of amides is 1. The molecule has 6 heteroatoms. The SMILES string of the molecule is O=C(CSc1cc2ccccc2[nH]1)Nc1nccs1. The Bertz CT molecular complexity index is 658. The van der Waals surface area contributed by atoms with Gasteiger partial charge in [-0.3, -0.25) is 4.79 Å². The number of H-pyrrole nitrogens is 1. The highest BCUT2D eigenvalue weighted by Gasteiger charge is 2.06. The van der Waals surface area contributed by atoms with E-state index in [4.69, 9.17) is 0 Å². The van der Waals surface area contributed by atoms with Gasteiger partial charge in [0, 0.05) is 22.5 Å². The number of thiazole rings is 1. The molecule has 0 aliphatic rings. The number of aromatic nitrogens is 2. The minimum Gasteiger partial charge on any atom is -0.350 e. The molecule has 0 unspecified atom stereocenters. The third-order valence-electron chi connectivity index (χ3n) is 2.54. The summed E-state index contributed by atoms with van der Waals surface area (Å²) in [6.45, 7) is 0. The van der Waals surface area contributed by atoms with Crippen molar-refractivity contribution in [3.05, 3.63) is 41.9 Å². The molecule has 2 heterocycles. The highest BCUT2D eigenvalue weighted by atomic mass is 32.2. The lowest BCUT2D eigenvalue weighted by atomic mass is 10.3. The molecule has 0 radical (unpaired) electrons. The molecule has 96 valence electrons. The molecule has 1 amide bonds. The number of carbonyl (C=O) groups excluding carboxylic acids is 1. The number of aromatic amines is 1. The molecule has 3 aromatic rings. The van der Waals surface area contributed by atoms with Gasteiger partial charge in [0.2, 0.25) is 5.91 Å². The second kappa shape index (κ2) is 5.46. The topological polar surface area (TPSA) is 57.8 Å². The average Bonchev–Trinajstić information content (AvgIpc) is 3.04. The van der Waals surface area contributed by atoms with Crippen LogP contribution in [-0.2, 0) is 4.79 Å². The molecule has 0 saturated carbocycles. The first-order valence-electron chi connectivity index (χ1n) is 5.71. The molecule has 0 bridgehead atoms. The highest BCUT2D eigenvalue weighted by molar-refractivity contribution is 7.99. The van der Waals surface area contributed by atoms with Gasteiger partial charge in [-0.15, -0.1) is 11.3 Å². The monoisotopic (exact) mass is 289 g/mol. The van der Waals surface area contributed by atoms with Crippen molar-refractivity contribution in [2.24, 2.45) is 0 Å². The van der Waals surface area contributed by atoms with Crippen molar-refractivity contribution in [1.82, 2.24) is 9.97 Å². The van der Waals surface area contributed by atoms with Gasteiger partial charge in [0.15, 0.2) is 5.13 Å². The lowest BCUT2D eigenvalue weighted by Gasteiger charge is -1.99. The Balaban J connectivity index is 1.61. The minimum atomic E-state index is -0.0430. The molecule has 2 N–H and O–H groups in total. The van der Waals surface area contributed by atoms with Crippen LogP contribution < -0.4 is 5.32 Å². The largest absolute Gasteiger partial charge is 0.350 e. The maximum absolute atomic E-state index is 11.7. The number of thioether (sulfide) groups is 1. The summed E-state index contributed by atoms with van der Waals surface area (Å²) >= 11 is 2.90. The standard InChI is InChI=1S/C13H11N3OS2/c17-11(16-13-14-5-6-18-13)8-19-12-7-9-3-1-2-4-10(9)15-12/h1-7,15H,8H2,(H,14,16,17). The number of hydrogen-bond donors (Lipinski definition) is 2. The number of fused-ring (bicyclic) bond motifs is 1. The number of nitrogens with one attached hydrogen (secondary N) is 2. The van der Waals surface area contributed by atoms with Crippen molar-refractivity contribution >= 4 is 45.0 Å². The summed E-state index contributed by atoms with van der Waals surface area (Å²) in [7, 11) is 0. The number of benzene rings is 1. The Hall–Kier alpha value is -1.79. The zero-order valence-electron chi connectivity index (χ0n) is 9.92. The normalized spacial score (nSPS) is 10.7. The summed E-state index contributed by atoms with van der Waals surface area (Å²) < 4.78 is 0. The Morgan fingerprint density at radius 1 is 1.42 bits per heavy atom. The Morgan fingerprint density at radius 3 is 3.11 bits per heavy atom. The van der Waals surface area contributed by atoms with E-state index < -0.39 is 0 Å². The molecule has 3 rings (SSSR count). The van der Waals surface area contributed by atoms with Gasteiger partial charge in [-0.05, 0) is 12.1 Å². The van der Waals surface area contributed by atoms with Gasteiger partial charge in [-0.1, -0.05) is 30.0 Å². The lowest BCUT2D eigenvalue weighted by Crippen LogP contribution is -2.13. The summed E-state index contributed by atoms with van der Waals surface area (Å²) in [6.07, 6.45) is 1.67. The number of carbonyl (C=O) groups is 1. The van der Waals surface area contributed by atoms with Crippen LogP contribution in [0.25, 0.3) is 10.9 Å². The Kier molecular flexibility index (Phi) is 3.52. The van der Waals surface area contributed by atoms with Crippen molar-refractivity contribution in [2.75, 3.05) is 11.1 Å². The molecule has 0 atom stereocenters. The predicted octanol–water partition coefficient (Wildman–Crippen LogP) is 3.36. The molecule has 1 aromatic carbocycles. The van der Waals surface area contributed by atoms with E-state index in [0.717, 1.165) is 15.9 Å². The minimum absolute atomic E-state index is 0.0430. The van der Waals surface area contributed by atoms with Gasteiger partial charge in [0.1, 0.15) is 0 Å². The molecule has 4 nitrogen and oxygen atoms in total. The van der Waals surface area contributed by atoms with E-state index in [1.54, 1.807) is 6.20 Å². The van der Waals surface area contributed by atoms with E-state index in [2.05, 4.69) is 21.4 Å². The number of rotatable bonds is 4. The molecule has 0 saturated heterocycles. The zero-order chi connectivity index (χ0) is 13.1. The molecule has 2 aromatic heterocycles. The van der Waals surface area contributed by atoms with Gasteiger partial charge >= 0.3 is 0 Å². The van der Waals surface area contributed by atoms with Crippen molar-refractivity contribution in [3.63, 3.8) is 0 Å². The maximum atomic E-state index is 11.7. The Morgan fingerprint density at radius 2 is 2.32 bits per heavy atom. The summed E-state index contributed by atoms with van der Waals surface area (Å²) in [4.78, 5) is 19.0. The summed E-state index contributed by atoms with van der Waals surface area (Å²) in [5.41, 5.74) is 1.09. The molecular formula is C13H11N3OS2. The van der Waals surface area contributed by atoms with Crippen LogP contribution in [0.5, 0.6) is 0 Å². The van der Waals surface area contributed by atoms with Gasteiger partial charge in [-0.25, -0.2) is 4.98 Å². The molecular weight excluding hydrogens is 278 g/mol. The highest BCUT2D eigenvalue weighted by Crippen LogP contribution is 2.23. The fourth-order valence-electron chi connectivity index (χ4n) is 1.71. The van der Waals surface area contributed by atoms with Crippen molar-refractivity contribution < 1.29 is 4.79 Å². The van der Waals surface area contributed by atoms with Crippen LogP contribution >= 0.6 is 23.1 Å². The number of hydrogen-bond acceptors (Lipinski definition) is 4. The van der Waals surface area contributed by atoms with E-state index in [1.807, 2.05) is 29.6 Å². The van der Waals surface area contributed by atoms with Crippen molar-refractivity contribution in [3.8, 4) is 0 Å². The van der Waals surface area contributed by atoms with Crippen LogP contribution in [0.3, 0.4) is 0 Å². The van der Waals surface area contributed by atoms with Crippen molar-refractivity contribution in [1.29, 1.82) is 0 Å². The molecule has 0 aliphatic carbocycles. The molecule has 0 spiro atoms. The van der Waals surface area contributed by atoms with Crippen molar-refractivity contribution in [2.45, 2.75) is 5.03 Å². The summed E-state index contributed by atoms with van der Waals surface area (Å²) in [5.74, 6) is 0.325. The molecule has 0 aliphatic heterocycles. The summed E-state index contributed by atoms with van der Waals surface area (Å²) in [6, 6.07) is 10.1. The van der Waals surface area contributed by atoms with Gasteiger partial charge < -0.3 is 10.3 Å². The average molecular weight is 289 g/mol. The number of nitrogens with zero attached hydrogens (tertiary/aromatic N) is 1. The van der Waals surface area contributed by atoms with Crippen LogP contribution in [0, 0.1) is 0 Å². The van der Waals surface area contributed by atoms with E-state index >= 15 is 0 Å². The number of para-hydroxylation sites is 1. The van der Waals surface area contributed by atoms with E-state index in [0.29, 0.717) is 10.9 Å². The molecule has 0 fully saturated rings. The first-order valence-corrected chi connectivity index (χ1v) is 7.58. The first-order chi connectivity index (χ1) is 9.31. The van der Waals surface area contributed by atoms with Crippen LogP contribution in [0.15, 0.2) is 46.9 Å². The van der Waals surface area contributed by atoms with Gasteiger partial charge in [0.05, 0.1) is 10.8 Å². The zero-order valence-corrected chi connectivity index (χ0v) is 11.6. The smallest absolute Gasteiger partial charge is 0.236 e. The van der Waals surface area contributed by atoms with Crippen LogP contribution in [0.4, 0.5) is 5.13 Å².